The standard InChI is InChI=1S/C12H13Cl2F4N3O2/c1-5(12(23)19-4-2-3-6(13)22)21-9(11(17)18)7(14)8(20-21)10(15)16/h5,10-11H,2-4H2,1H3,(H,19,23). The molecule has 0 bridgehead atoms. The van der Waals surface area contributed by atoms with Gasteiger partial charge >= 0.3 is 0 Å². The minimum atomic E-state index is -3.17. The maximum Gasteiger partial charge on any atom is 0.283 e. The molecule has 1 unspecified atom stereocenters. The van der Waals surface area contributed by atoms with Gasteiger partial charge in [0.15, 0.2) is 0 Å². The van der Waals surface area contributed by atoms with Gasteiger partial charge in [0.05, 0.1) is 5.02 Å². The van der Waals surface area contributed by atoms with Crippen LogP contribution in [0.2, 0.25) is 5.02 Å². The summed E-state index contributed by atoms with van der Waals surface area (Å²) in [6.07, 6.45) is -6.04. The molecule has 0 radical (unpaired) electrons. The number of nitrogens with zero attached hydrogens (tertiary/aromatic N) is 2. The van der Waals surface area contributed by atoms with Crippen molar-refractivity contribution in [1.82, 2.24) is 15.1 Å². The first-order chi connectivity index (χ1) is 10.7. The van der Waals surface area contributed by atoms with Gasteiger partial charge in [-0.25, -0.2) is 22.2 Å². The Morgan fingerprint density at radius 2 is 1.87 bits per heavy atom. The molecule has 23 heavy (non-hydrogen) atoms. The highest BCUT2D eigenvalue weighted by atomic mass is 35.5. The van der Waals surface area contributed by atoms with Crippen molar-refractivity contribution < 1.29 is 27.2 Å². The van der Waals surface area contributed by atoms with E-state index in [4.69, 9.17) is 23.2 Å². The molecule has 1 amide bonds. The third-order valence-corrected chi connectivity index (χ3v) is 3.50. The zero-order valence-corrected chi connectivity index (χ0v) is 13.3. The van der Waals surface area contributed by atoms with Gasteiger partial charge in [-0.2, -0.15) is 5.10 Å². The van der Waals surface area contributed by atoms with Crippen molar-refractivity contribution in [3.63, 3.8) is 0 Å². The first kappa shape index (κ1) is 19.7. The number of alkyl halides is 4. The van der Waals surface area contributed by atoms with Crippen molar-refractivity contribution in [2.24, 2.45) is 0 Å². The van der Waals surface area contributed by atoms with Gasteiger partial charge in [-0.1, -0.05) is 11.6 Å². The second-order valence-electron chi connectivity index (χ2n) is 4.56. The molecule has 0 aliphatic heterocycles. The molecule has 1 aromatic rings. The Kier molecular flexibility index (Phi) is 7.27. The third-order valence-electron chi connectivity index (χ3n) is 2.92. The molecule has 1 aromatic heterocycles. The fourth-order valence-corrected chi connectivity index (χ4v) is 2.20. The highest BCUT2D eigenvalue weighted by Crippen LogP contribution is 2.36. The number of nitrogens with one attached hydrogen (secondary N) is 1. The number of amides is 1. The highest BCUT2D eigenvalue weighted by molar-refractivity contribution is 6.63. The van der Waals surface area contributed by atoms with Crippen LogP contribution in [0.25, 0.3) is 0 Å². The molecule has 0 aromatic carbocycles. The van der Waals surface area contributed by atoms with Gasteiger partial charge in [-0.15, -0.1) is 0 Å². The Hall–Kier alpha value is -1.35. The second kappa shape index (κ2) is 8.49. The van der Waals surface area contributed by atoms with E-state index < -0.39 is 46.5 Å². The van der Waals surface area contributed by atoms with E-state index in [9.17, 15) is 27.2 Å². The zero-order valence-electron chi connectivity index (χ0n) is 11.8. The van der Waals surface area contributed by atoms with E-state index in [1.807, 2.05) is 0 Å². The van der Waals surface area contributed by atoms with Crippen LogP contribution < -0.4 is 5.32 Å². The zero-order chi connectivity index (χ0) is 17.7. The molecule has 5 nitrogen and oxygen atoms in total. The molecule has 0 aliphatic carbocycles. The van der Waals surface area contributed by atoms with Crippen molar-refractivity contribution in [2.75, 3.05) is 6.54 Å². The summed E-state index contributed by atoms with van der Waals surface area (Å²) in [5, 5.41) is 4.27. The average Bonchev–Trinajstić information content (AvgIpc) is 2.80. The molecule has 1 atom stereocenters. The van der Waals surface area contributed by atoms with Crippen LogP contribution in [-0.2, 0) is 9.59 Å². The van der Waals surface area contributed by atoms with E-state index in [-0.39, 0.29) is 19.4 Å². The number of hydrogen-bond acceptors (Lipinski definition) is 3. The molecule has 0 fully saturated rings. The number of carbonyl (C=O) groups is 2. The summed E-state index contributed by atoms with van der Waals surface area (Å²) in [6.45, 7) is 1.29. The van der Waals surface area contributed by atoms with Gasteiger partial charge in [-0.05, 0) is 24.9 Å². The van der Waals surface area contributed by atoms with Gasteiger partial charge in [0.1, 0.15) is 17.4 Å². The molecule has 1 N–H and O–H groups in total. The molecule has 0 saturated carbocycles. The number of halogens is 6. The fourth-order valence-electron chi connectivity index (χ4n) is 1.77. The van der Waals surface area contributed by atoms with Gasteiger partial charge in [0, 0.05) is 13.0 Å². The van der Waals surface area contributed by atoms with Crippen LogP contribution >= 0.6 is 23.2 Å². The van der Waals surface area contributed by atoms with Gasteiger partial charge < -0.3 is 5.32 Å². The van der Waals surface area contributed by atoms with Gasteiger partial charge in [0.2, 0.25) is 11.1 Å². The van der Waals surface area contributed by atoms with Crippen LogP contribution in [0.3, 0.4) is 0 Å². The van der Waals surface area contributed by atoms with Crippen molar-refractivity contribution >= 4 is 34.4 Å². The van der Waals surface area contributed by atoms with Crippen molar-refractivity contribution in [1.29, 1.82) is 0 Å². The number of carbonyl (C=O) groups excluding carboxylic acids is 2. The first-order valence-electron chi connectivity index (χ1n) is 6.46. The van der Waals surface area contributed by atoms with Gasteiger partial charge in [-0.3, -0.25) is 9.59 Å². The summed E-state index contributed by atoms with van der Waals surface area (Å²) < 4.78 is 51.9. The number of hydrogen-bond donors (Lipinski definition) is 1. The monoisotopic (exact) mass is 377 g/mol. The summed E-state index contributed by atoms with van der Waals surface area (Å²) in [7, 11) is 0. The Morgan fingerprint density at radius 1 is 1.26 bits per heavy atom. The predicted octanol–water partition coefficient (Wildman–Crippen LogP) is 3.63. The Labute approximate surface area is 138 Å². The summed E-state index contributed by atoms with van der Waals surface area (Å²) in [4.78, 5) is 22.4. The van der Waals surface area contributed by atoms with Crippen LogP contribution in [0.15, 0.2) is 0 Å². The lowest BCUT2D eigenvalue weighted by molar-refractivity contribution is -0.124. The molecular weight excluding hydrogens is 365 g/mol. The predicted molar refractivity (Wildman–Crippen MR) is 75.0 cm³/mol. The van der Waals surface area contributed by atoms with E-state index in [0.29, 0.717) is 4.68 Å². The quantitative estimate of drug-likeness (QED) is 0.427. The van der Waals surface area contributed by atoms with Crippen molar-refractivity contribution in [3.05, 3.63) is 16.4 Å². The topological polar surface area (TPSA) is 64.0 Å². The fraction of sp³-hybridized carbons (Fsp3) is 0.583. The van der Waals surface area contributed by atoms with Crippen LogP contribution in [0, 0.1) is 0 Å². The molecule has 0 aliphatic rings. The lowest BCUT2D eigenvalue weighted by atomic mass is 10.2. The second-order valence-corrected chi connectivity index (χ2v) is 5.36. The molecule has 11 heteroatoms. The summed E-state index contributed by atoms with van der Waals surface area (Å²) >= 11 is 10.6. The summed E-state index contributed by atoms with van der Waals surface area (Å²) in [5.41, 5.74) is -1.95. The Bertz CT molecular complexity index is 581. The third kappa shape index (κ3) is 5.07. The van der Waals surface area contributed by atoms with Crippen LogP contribution in [0.1, 0.15) is 50.0 Å². The van der Waals surface area contributed by atoms with Gasteiger partial charge in [0.25, 0.3) is 12.9 Å². The minimum Gasteiger partial charge on any atom is -0.354 e. The highest BCUT2D eigenvalue weighted by Gasteiger charge is 2.31. The molecule has 1 heterocycles. The maximum atomic E-state index is 13.0. The molecule has 0 saturated heterocycles. The normalized spacial score (nSPS) is 12.7. The maximum absolute atomic E-state index is 13.0. The lowest BCUT2D eigenvalue weighted by Crippen LogP contribution is -2.33. The van der Waals surface area contributed by atoms with Crippen LogP contribution in [-0.4, -0.2) is 27.5 Å². The van der Waals surface area contributed by atoms with E-state index in [1.54, 1.807) is 0 Å². The smallest absolute Gasteiger partial charge is 0.283 e. The average molecular weight is 378 g/mol. The summed E-state index contributed by atoms with van der Waals surface area (Å²) in [6, 6.07) is -1.28. The van der Waals surface area contributed by atoms with Crippen LogP contribution in [0.4, 0.5) is 17.6 Å². The SMILES string of the molecule is CC(C(=O)NCCCC(=O)Cl)n1nc(C(F)F)c(Cl)c1C(F)F. The Morgan fingerprint density at radius 3 is 2.35 bits per heavy atom. The minimum absolute atomic E-state index is 0.0294. The van der Waals surface area contributed by atoms with E-state index in [1.165, 1.54) is 6.92 Å². The summed E-state index contributed by atoms with van der Waals surface area (Å²) in [5.74, 6) is -0.728. The molecular formula is C12H13Cl2F4N3O2. The first-order valence-corrected chi connectivity index (χ1v) is 7.22. The lowest BCUT2D eigenvalue weighted by Gasteiger charge is -2.15. The molecule has 130 valence electrons. The van der Waals surface area contributed by atoms with E-state index in [0.717, 1.165) is 0 Å². The molecule has 1 rings (SSSR count). The number of aromatic nitrogens is 2. The van der Waals surface area contributed by atoms with E-state index >= 15 is 0 Å². The van der Waals surface area contributed by atoms with Crippen molar-refractivity contribution in [3.8, 4) is 0 Å². The van der Waals surface area contributed by atoms with Crippen molar-refractivity contribution in [2.45, 2.75) is 38.7 Å². The largest absolute Gasteiger partial charge is 0.354 e. The van der Waals surface area contributed by atoms with Crippen LogP contribution in [0.5, 0.6) is 0 Å². The Balaban J connectivity index is 2.89. The van der Waals surface area contributed by atoms with E-state index in [2.05, 4.69) is 10.4 Å². The molecule has 0 spiro atoms. The number of rotatable bonds is 8.